The predicted molar refractivity (Wildman–Crippen MR) is 92.4 cm³/mol. The second-order valence-electron chi connectivity index (χ2n) is 6.74. The van der Waals surface area contributed by atoms with Crippen LogP contribution in [0.15, 0.2) is 0 Å². The van der Waals surface area contributed by atoms with Crippen molar-refractivity contribution < 1.29 is 24.2 Å². The Bertz CT molecular complexity index is 356. The molecule has 5 heteroatoms. The molecule has 0 radical (unpaired) electrons. The molecule has 1 rings (SSSR count). The van der Waals surface area contributed by atoms with Crippen molar-refractivity contribution in [3.63, 3.8) is 0 Å². The normalized spacial score (nSPS) is 20.6. The van der Waals surface area contributed by atoms with Gasteiger partial charge >= 0.3 is 11.9 Å². The first-order valence-electron chi connectivity index (χ1n) is 9.63. The Hall–Kier alpha value is -1.10. The molecule has 0 aromatic heterocycles. The van der Waals surface area contributed by atoms with E-state index in [4.69, 9.17) is 14.6 Å². The van der Waals surface area contributed by atoms with Gasteiger partial charge in [-0.15, -0.1) is 0 Å². The van der Waals surface area contributed by atoms with Crippen LogP contribution in [0.25, 0.3) is 0 Å². The molecule has 0 bridgehead atoms. The maximum absolute atomic E-state index is 12.1. The molecule has 0 amide bonds. The zero-order valence-electron chi connectivity index (χ0n) is 15.1. The van der Waals surface area contributed by atoms with Crippen molar-refractivity contribution in [2.75, 3.05) is 19.8 Å². The first kappa shape index (κ1) is 20.9. The lowest BCUT2D eigenvalue weighted by molar-refractivity contribution is -0.155. The third-order valence-electron chi connectivity index (χ3n) is 4.67. The number of rotatable bonds is 12. The number of aliphatic hydroxyl groups excluding tert-OH is 1. The van der Waals surface area contributed by atoms with Gasteiger partial charge in [0.1, 0.15) is 6.61 Å². The molecule has 2 unspecified atom stereocenters. The molecule has 140 valence electrons. The summed E-state index contributed by atoms with van der Waals surface area (Å²) in [5, 5.41) is 8.70. The molecule has 1 aliphatic rings. The van der Waals surface area contributed by atoms with E-state index in [1.165, 1.54) is 32.1 Å². The Balaban J connectivity index is 2.14. The van der Waals surface area contributed by atoms with E-state index >= 15 is 0 Å². The van der Waals surface area contributed by atoms with Gasteiger partial charge in [0.15, 0.2) is 0 Å². The van der Waals surface area contributed by atoms with Gasteiger partial charge in [-0.3, -0.25) is 9.59 Å². The average molecular weight is 342 g/mol. The largest absolute Gasteiger partial charge is 0.465 e. The maximum atomic E-state index is 12.1. The summed E-state index contributed by atoms with van der Waals surface area (Å²) < 4.78 is 10.4. The van der Waals surface area contributed by atoms with E-state index in [-0.39, 0.29) is 37.0 Å². The molecule has 0 heterocycles. The first-order chi connectivity index (χ1) is 11.7. The number of carbonyl (C=O) groups excluding carboxylic acids is 2. The molecule has 1 aliphatic carbocycles. The topological polar surface area (TPSA) is 72.8 Å². The molecule has 0 saturated heterocycles. The second-order valence-corrected chi connectivity index (χ2v) is 6.74. The molecule has 0 aliphatic heterocycles. The molecule has 2 atom stereocenters. The summed E-state index contributed by atoms with van der Waals surface area (Å²) in [5.74, 6) is -0.884. The minimum atomic E-state index is -0.298. The third-order valence-corrected chi connectivity index (χ3v) is 4.67. The highest BCUT2D eigenvalue weighted by Gasteiger charge is 2.32. The predicted octanol–water partition coefficient (Wildman–Crippen LogP) is 3.62. The summed E-state index contributed by atoms with van der Waals surface area (Å²) >= 11 is 0. The van der Waals surface area contributed by atoms with Gasteiger partial charge in [0.2, 0.25) is 0 Å². The SMILES string of the molecule is CCCCCCCCCOC(=O)C1CCCC(C(=O)OCCO)C1. The van der Waals surface area contributed by atoms with E-state index in [2.05, 4.69) is 6.92 Å². The summed E-state index contributed by atoms with van der Waals surface area (Å²) in [6.07, 6.45) is 11.3. The van der Waals surface area contributed by atoms with Gasteiger partial charge in [0.05, 0.1) is 25.0 Å². The fraction of sp³-hybridized carbons (Fsp3) is 0.895. The molecule has 0 aromatic rings. The Morgan fingerprint density at radius 2 is 1.42 bits per heavy atom. The molecule has 0 spiro atoms. The Kier molecular flexibility index (Phi) is 11.5. The number of hydrogen-bond acceptors (Lipinski definition) is 5. The number of ether oxygens (including phenoxy) is 2. The van der Waals surface area contributed by atoms with Gasteiger partial charge in [-0.1, -0.05) is 51.9 Å². The minimum Gasteiger partial charge on any atom is -0.465 e. The lowest BCUT2D eigenvalue weighted by Crippen LogP contribution is -2.30. The highest BCUT2D eigenvalue weighted by atomic mass is 16.5. The standard InChI is InChI=1S/C19H34O5/c1-2-3-4-5-6-7-8-13-23-18(21)16-10-9-11-17(15-16)19(22)24-14-12-20/h16-17,20H,2-15H2,1H3. The second kappa shape index (κ2) is 13.2. The van der Waals surface area contributed by atoms with Crippen LogP contribution in [0, 0.1) is 11.8 Å². The van der Waals surface area contributed by atoms with E-state index < -0.39 is 0 Å². The Morgan fingerprint density at radius 3 is 2.00 bits per heavy atom. The summed E-state index contributed by atoms with van der Waals surface area (Å²) in [5.41, 5.74) is 0. The summed E-state index contributed by atoms with van der Waals surface area (Å²) in [6, 6.07) is 0. The van der Waals surface area contributed by atoms with Crippen molar-refractivity contribution in [1.82, 2.24) is 0 Å². The van der Waals surface area contributed by atoms with Gasteiger partial charge in [-0.05, 0) is 25.7 Å². The first-order valence-corrected chi connectivity index (χ1v) is 9.63. The van der Waals surface area contributed by atoms with Crippen molar-refractivity contribution >= 4 is 11.9 Å². The smallest absolute Gasteiger partial charge is 0.309 e. The van der Waals surface area contributed by atoms with Gasteiger partial charge in [-0.2, -0.15) is 0 Å². The number of esters is 2. The number of unbranched alkanes of at least 4 members (excludes halogenated alkanes) is 6. The van der Waals surface area contributed by atoms with Gasteiger partial charge in [0, 0.05) is 0 Å². The molecule has 0 aromatic carbocycles. The van der Waals surface area contributed by atoms with E-state index in [1.807, 2.05) is 0 Å². The van der Waals surface area contributed by atoms with Crippen LogP contribution in [-0.2, 0) is 19.1 Å². The number of aliphatic hydroxyl groups is 1. The van der Waals surface area contributed by atoms with Crippen LogP contribution in [0.2, 0.25) is 0 Å². The van der Waals surface area contributed by atoms with Crippen molar-refractivity contribution in [2.24, 2.45) is 11.8 Å². The molecule has 24 heavy (non-hydrogen) atoms. The molecule has 1 saturated carbocycles. The highest BCUT2D eigenvalue weighted by Crippen LogP contribution is 2.30. The van der Waals surface area contributed by atoms with Crippen molar-refractivity contribution in [3.05, 3.63) is 0 Å². The Labute approximate surface area is 146 Å². The van der Waals surface area contributed by atoms with Gasteiger partial charge < -0.3 is 14.6 Å². The van der Waals surface area contributed by atoms with Crippen LogP contribution in [0.3, 0.4) is 0 Å². The zero-order chi connectivity index (χ0) is 17.6. The molecule has 1 fully saturated rings. The number of hydrogen-bond donors (Lipinski definition) is 1. The quantitative estimate of drug-likeness (QED) is 0.433. The molecule has 1 N–H and O–H groups in total. The van der Waals surface area contributed by atoms with Crippen LogP contribution in [0.1, 0.15) is 77.6 Å². The van der Waals surface area contributed by atoms with E-state index in [0.717, 1.165) is 32.1 Å². The zero-order valence-corrected chi connectivity index (χ0v) is 15.1. The van der Waals surface area contributed by atoms with E-state index in [9.17, 15) is 9.59 Å². The Morgan fingerprint density at radius 1 is 0.875 bits per heavy atom. The van der Waals surface area contributed by atoms with Crippen molar-refractivity contribution in [2.45, 2.75) is 77.6 Å². The minimum absolute atomic E-state index is 0.0305. The molecular formula is C19H34O5. The maximum Gasteiger partial charge on any atom is 0.309 e. The van der Waals surface area contributed by atoms with Crippen LogP contribution in [0.4, 0.5) is 0 Å². The van der Waals surface area contributed by atoms with Crippen LogP contribution < -0.4 is 0 Å². The van der Waals surface area contributed by atoms with E-state index in [0.29, 0.717) is 13.0 Å². The third kappa shape index (κ3) is 8.67. The summed E-state index contributed by atoms with van der Waals surface area (Å²) in [6.45, 7) is 2.56. The van der Waals surface area contributed by atoms with Crippen LogP contribution >= 0.6 is 0 Å². The monoisotopic (exact) mass is 342 g/mol. The highest BCUT2D eigenvalue weighted by molar-refractivity contribution is 5.76. The lowest BCUT2D eigenvalue weighted by Gasteiger charge is -2.26. The number of carbonyl (C=O) groups is 2. The summed E-state index contributed by atoms with van der Waals surface area (Å²) in [7, 11) is 0. The van der Waals surface area contributed by atoms with E-state index in [1.54, 1.807) is 0 Å². The van der Waals surface area contributed by atoms with Gasteiger partial charge in [-0.25, -0.2) is 0 Å². The van der Waals surface area contributed by atoms with Crippen LogP contribution in [0.5, 0.6) is 0 Å². The average Bonchev–Trinajstić information content (AvgIpc) is 2.61. The summed E-state index contributed by atoms with van der Waals surface area (Å²) in [4.78, 5) is 24.0. The fourth-order valence-electron chi connectivity index (χ4n) is 3.23. The van der Waals surface area contributed by atoms with Gasteiger partial charge in [0.25, 0.3) is 0 Å². The molecular weight excluding hydrogens is 308 g/mol. The van der Waals surface area contributed by atoms with Crippen molar-refractivity contribution in [1.29, 1.82) is 0 Å². The van der Waals surface area contributed by atoms with Crippen molar-refractivity contribution in [3.8, 4) is 0 Å². The lowest BCUT2D eigenvalue weighted by atomic mass is 9.81. The molecule has 5 nitrogen and oxygen atoms in total. The van der Waals surface area contributed by atoms with Crippen LogP contribution in [-0.4, -0.2) is 36.9 Å². The fourth-order valence-corrected chi connectivity index (χ4v) is 3.23.